The molecule has 0 radical (unpaired) electrons. The van der Waals surface area contributed by atoms with Crippen LogP contribution in [0.15, 0.2) is 24.3 Å². The SMILES string of the molecule is C=C[C@H]1CC(C)=CC(=O)O1. The summed E-state index contributed by atoms with van der Waals surface area (Å²) < 4.78 is 4.87. The Kier molecular flexibility index (Phi) is 1.90. The van der Waals surface area contributed by atoms with Gasteiger partial charge in [-0.15, -0.1) is 0 Å². The van der Waals surface area contributed by atoms with E-state index < -0.39 is 0 Å². The minimum absolute atomic E-state index is 0.113. The minimum Gasteiger partial charge on any atom is -0.455 e. The van der Waals surface area contributed by atoms with Crippen molar-refractivity contribution in [2.75, 3.05) is 0 Å². The Morgan fingerprint density at radius 2 is 2.60 bits per heavy atom. The van der Waals surface area contributed by atoms with Crippen LogP contribution in [0.4, 0.5) is 0 Å². The third-order valence-corrected chi connectivity index (χ3v) is 1.42. The lowest BCUT2D eigenvalue weighted by molar-refractivity contribution is -0.141. The molecule has 0 aromatic carbocycles. The summed E-state index contributed by atoms with van der Waals surface area (Å²) in [6.45, 7) is 5.46. The second-order valence-corrected chi connectivity index (χ2v) is 2.41. The van der Waals surface area contributed by atoms with E-state index in [-0.39, 0.29) is 12.1 Å². The van der Waals surface area contributed by atoms with Crippen molar-refractivity contribution in [3.8, 4) is 0 Å². The van der Waals surface area contributed by atoms with Crippen LogP contribution in [0.2, 0.25) is 0 Å². The summed E-state index contributed by atoms with van der Waals surface area (Å²) in [5, 5.41) is 0. The number of hydrogen-bond donors (Lipinski definition) is 0. The van der Waals surface area contributed by atoms with Crippen molar-refractivity contribution in [3.05, 3.63) is 24.3 Å². The molecule has 0 aromatic rings. The Morgan fingerprint density at radius 1 is 1.90 bits per heavy atom. The molecular weight excluding hydrogens is 128 g/mol. The lowest BCUT2D eigenvalue weighted by Gasteiger charge is -2.17. The van der Waals surface area contributed by atoms with E-state index in [1.54, 1.807) is 6.08 Å². The summed E-state index contributed by atoms with van der Waals surface area (Å²) in [4.78, 5) is 10.7. The third kappa shape index (κ3) is 1.47. The van der Waals surface area contributed by atoms with Crippen molar-refractivity contribution in [3.63, 3.8) is 0 Å². The predicted octanol–water partition coefficient (Wildman–Crippen LogP) is 1.43. The summed E-state index contributed by atoms with van der Waals surface area (Å²) in [6, 6.07) is 0. The van der Waals surface area contributed by atoms with Crippen LogP contribution in [0.5, 0.6) is 0 Å². The van der Waals surface area contributed by atoms with E-state index in [0.29, 0.717) is 0 Å². The van der Waals surface area contributed by atoms with Gasteiger partial charge in [0.1, 0.15) is 6.10 Å². The Labute approximate surface area is 60.2 Å². The summed E-state index contributed by atoms with van der Waals surface area (Å²) in [5.41, 5.74) is 1.06. The molecule has 1 aliphatic rings. The average Bonchev–Trinajstić information content (AvgIpc) is 1.85. The minimum atomic E-state index is -0.256. The van der Waals surface area contributed by atoms with Crippen molar-refractivity contribution in [1.29, 1.82) is 0 Å². The fraction of sp³-hybridized carbons (Fsp3) is 0.375. The van der Waals surface area contributed by atoms with Crippen molar-refractivity contribution < 1.29 is 9.53 Å². The topological polar surface area (TPSA) is 26.3 Å². The molecule has 0 saturated heterocycles. The molecule has 0 fully saturated rings. The molecule has 0 unspecified atom stereocenters. The van der Waals surface area contributed by atoms with E-state index in [2.05, 4.69) is 6.58 Å². The fourth-order valence-corrected chi connectivity index (χ4v) is 0.934. The summed E-state index contributed by atoms with van der Waals surface area (Å²) >= 11 is 0. The highest BCUT2D eigenvalue weighted by molar-refractivity contribution is 5.83. The van der Waals surface area contributed by atoms with Gasteiger partial charge in [0.15, 0.2) is 0 Å². The van der Waals surface area contributed by atoms with Crippen LogP contribution in [0, 0.1) is 0 Å². The van der Waals surface area contributed by atoms with Crippen LogP contribution in [0.25, 0.3) is 0 Å². The summed E-state index contributed by atoms with van der Waals surface area (Å²) in [6.07, 6.45) is 3.83. The molecule has 0 amide bonds. The number of ether oxygens (including phenoxy) is 1. The van der Waals surface area contributed by atoms with Gasteiger partial charge < -0.3 is 4.74 Å². The normalized spacial score (nSPS) is 25.1. The van der Waals surface area contributed by atoms with Crippen molar-refractivity contribution in [2.45, 2.75) is 19.4 Å². The van der Waals surface area contributed by atoms with E-state index in [1.165, 1.54) is 6.08 Å². The van der Waals surface area contributed by atoms with Gasteiger partial charge in [0, 0.05) is 12.5 Å². The standard InChI is InChI=1S/C8H10O2/c1-3-7-4-6(2)5-8(9)10-7/h3,5,7H,1,4H2,2H3/t7-/m0/s1. The molecule has 0 bridgehead atoms. The van der Waals surface area contributed by atoms with E-state index in [4.69, 9.17) is 4.74 Å². The number of carbonyl (C=O) groups is 1. The van der Waals surface area contributed by atoms with Gasteiger partial charge in [-0.3, -0.25) is 0 Å². The maximum atomic E-state index is 10.7. The average molecular weight is 138 g/mol. The molecule has 1 rings (SSSR count). The predicted molar refractivity (Wildman–Crippen MR) is 38.5 cm³/mol. The molecule has 0 aliphatic carbocycles. The van der Waals surface area contributed by atoms with E-state index in [9.17, 15) is 4.79 Å². The maximum absolute atomic E-state index is 10.7. The highest BCUT2D eigenvalue weighted by Crippen LogP contribution is 2.14. The zero-order valence-corrected chi connectivity index (χ0v) is 5.96. The van der Waals surface area contributed by atoms with Gasteiger partial charge in [-0.1, -0.05) is 18.2 Å². The Hall–Kier alpha value is -1.05. The summed E-state index contributed by atoms with van der Waals surface area (Å²) in [5.74, 6) is -0.256. The molecule has 2 heteroatoms. The molecule has 1 aliphatic heterocycles. The van der Waals surface area contributed by atoms with Gasteiger partial charge in [0.05, 0.1) is 0 Å². The van der Waals surface area contributed by atoms with Crippen LogP contribution in [-0.2, 0) is 9.53 Å². The van der Waals surface area contributed by atoms with Crippen LogP contribution in [0.1, 0.15) is 13.3 Å². The lowest BCUT2D eigenvalue weighted by atomic mass is 10.1. The second-order valence-electron chi connectivity index (χ2n) is 2.41. The van der Waals surface area contributed by atoms with E-state index >= 15 is 0 Å². The van der Waals surface area contributed by atoms with Crippen LogP contribution in [0.3, 0.4) is 0 Å². The molecule has 10 heavy (non-hydrogen) atoms. The fourth-order valence-electron chi connectivity index (χ4n) is 0.934. The largest absolute Gasteiger partial charge is 0.455 e. The van der Waals surface area contributed by atoms with E-state index in [0.717, 1.165) is 12.0 Å². The molecule has 2 nitrogen and oxygen atoms in total. The lowest BCUT2D eigenvalue weighted by Crippen LogP contribution is -2.19. The monoisotopic (exact) mass is 138 g/mol. The van der Waals surface area contributed by atoms with Gasteiger partial charge in [-0.2, -0.15) is 0 Å². The van der Waals surface area contributed by atoms with Crippen LogP contribution >= 0.6 is 0 Å². The molecule has 0 spiro atoms. The quantitative estimate of drug-likeness (QED) is 0.404. The Morgan fingerprint density at radius 3 is 3.10 bits per heavy atom. The van der Waals surface area contributed by atoms with Gasteiger partial charge in [-0.05, 0) is 6.92 Å². The van der Waals surface area contributed by atoms with Crippen molar-refractivity contribution in [2.24, 2.45) is 0 Å². The first kappa shape index (κ1) is 7.06. The molecule has 1 atom stereocenters. The van der Waals surface area contributed by atoms with Crippen LogP contribution in [-0.4, -0.2) is 12.1 Å². The van der Waals surface area contributed by atoms with Crippen molar-refractivity contribution >= 4 is 5.97 Å². The maximum Gasteiger partial charge on any atom is 0.331 e. The number of cyclic esters (lactones) is 1. The zero-order valence-electron chi connectivity index (χ0n) is 5.96. The molecule has 1 heterocycles. The van der Waals surface area contributed by atoms with Gasteiger partial charge >= 0.3 is 5.97 Å². The number of rotatable bonds is 1. The number of carbonyl (C=O) groups excluding carboxylic acids is 1. The molecular formula is C8H10O2. The first-order valence-electron chi connectivity index (χ1n) is 3.22. The smallest absolute Gasteiger partial charge is 0.331 e. The molecule has 0 N–H and O–H groups in total. The summed E-state index contributed by atoms with van der Waals surface area (Å²) in [7, 11) is 0. The molecule has 54 valence electrons. The first-order valence-corrected chi connectivity index (χ1v) is 3.22. The third-order valence-electron chi connectivity index (χ3n) is 1.42. The molecule has 0 aromatic heterocycles. The number of hydrogen-bond acceptors (Lipinski definition) is 2. The van der Waals surface area contributed by atoms with Crippen molar-refractivity contribution in [1.82, 2.24) is 0 Å². The Bertz CT molecular complexity index is 191. The first-order chi connectivity index (χ1) is 4.72. The van der Waals surface area contributed by atoms with Crippen LogP contribution < -0.4 is 0 Å². The highest BCUT2D eigenvalue weighted by Gasteiger charge is 2.15. The highest BCUT2D eigenvalue weighted by atomic mass is 16.5. The van der Waals surface area contributed by atoms with Gasteiger partial charge in [0.25, 0.3) is 0 Å². The zero-order chi connectivity index (χ0) is 7.56. The number of esters is 1. The van der Waals surface area contributed by atoms with Gasteiger partial charge in [0.2, 0.25) is 0 Å². The van der Waals surface area contributed by atoms with Gasteiger partial charge in [-0.25, -0.2) is 4.79 Å². The molecule has 0 saturated carbocycles. The second kappa shape index (κ2) is 2.69. The Balaban J connectivity index is 2.69. The van der Waals surface area contributed by atoms with E-state index in [1.807, 2.05) is 6.92 Å².